The molecule has 666 valence electrons. The maximum absolute atomic E-state index is 14.8. The Morgan fingerprint density at radius 2 is 1.05 bits per heavy atom. The number of nitrogens with one attached hydrogen (secondary N) is 2. The standard InChI is InChI=1S/C33H29FN6O4S.C31H29F4N5O4S.C30H31FN4O3S/c1-21-24(17-35)14-27(16-29(21)34)45(43,44)40-13-5-8-31(40)33(42)39(26-11-12-28-30(15-26)37-20-38-32(28)41)19-25-10-9-23(18-36-25)22-6-3-2-4-7-22;1-17-25(32)27(34)29(28(35)26(17)33)45(43,44)40-12-11-24(40)31(42)39(21-8-9-22-20(13-21)15-37-38-30(22)41)16-18-7-10-23(36-14-18)19-5-3-2-4-6-19;1-21-16-27(31)29(17-24(21)18-32)39(37,38)35-15-14-28(35)30(36)34(26-10-6-3-7-11-26)20-25-13-12-23(19-33-25)22-8-4-2-5-9-22/h5,8-16,18,20,22H,2-4,6-7,19H2,1H3,(H,37,38,41);7-10,13-15,19,24H,2-6,11-12,16H2,1H3,(H,38,41);3,6-7,10-13,16-17,19,22,28H,2,4-5,8-9,14-15,20H2,1H3/t;24-;28-/m.11/s1. The van der Waals surface area contributed by atoms with E-state index < -0.39 is 121 Å². The van der Waals surface area contributed by atoms with Gasteiger partial charge in [-0.1, -0.05) is 94.2 Å². The lowest BCUT2D eigenvalue weighted by molar-refractivity contribution is -0.125. The summed E-state index contributed by atoms with van der Waals surface area (Å²) in [5, 5.41) is 25.9. The van der Waals surface area contributed by atoms with Crippen molar-refractivity contribution in [3.05, 3.63) is 300 Å². The summed E-state index contributed by atoms with van der Waals surface area (Å²) in [6.45, 7) is 3.60. The SMILES string of the molecule is Cc1c(F)c(F)c(S(=O)(=O)N2CC[C@@H]2C(=O)N(Cc2ccc(C3CCCCC3)nc2)c2ccc3c(=O)[nH]ncc3c2)c(F)c1F.Cc1c(F)cc(S(=O)(=O)n2cccc2C(=O)N(Cc2ccc(C3CCCCC3)cn2)c2ccc3c(=O)[nH]cnc3c2)cc1C#N.Cc1cc(F)c(S(=O)(=O)N2CC[C@@H]2C(=O)N(Cc2ccc(C3CCCCC3)cn2)c2ccccc2)cc1C#N. The third-order valence-corrected chi connectivity index (χ3v) is 30.4. The van der Waals surface area contributed by atoms with Gasteiger partial charge in [-0.25, -0.2) is 65.7 Å². The van der Waals surface area contributed by atoms with Gasteiger partial charge in [0.2, 0.25) is 31.9 Å². The van der Waals surface area contributed by atoms with Gasteiger partial charge in [-0.2, -0.15) is 24.2 Å². The Morgan fingerprint density at radius 1 is 0.488 bits per heavy atom. The van der Waals surface area contributed by atoms with Crippen molar-refractivity contribution in [1.82, 2.24) is 47.7 Å². The molecule has 2 aliphatic heterocycles. The van der Waals surface area contributed by atoms with Gasteiger partial charge in [0.1, 0.15) is 34.3 Å². The highest BCUT2D eigenvalue weighted by atomic mass is 32.2. The van der Waals surface area contributed by atoms with E-state index in [4.69, 9.17) is 0 Å². The monoisotopic (exact) mass is 1810 g/mol. The van der Waals surface area contributed by atoms with E-state index in [1.165, 1.54) is 123 Å². The van der Waals surface area contributed by atoms with E-state index >= 15 is 0 Å². The molecule has 6 aromatic carbocycles. The number of H-pyrrole nitrogens is 2. The Balaban J connectivity index is 0.000000149. The maximum atomic E-state index is 14.8. The molecule has 5 fully saturated rings. The van der Waals surface area contributed by atoms with Crippen molar-refractivity contribution >= 4 is 86.5 Å². The highest BCUT2D eigenvalue weighted by Crippen LogP contribution is 2.41. The van der Waals surface area contributed by atoms with Gasteiger partial charge in [0.25, 0.3) is 27.0 Å². The number of aromatic amines is 2. The molecule has 3 aliphatic carbocycles. The summed E-state index contributed by atoms with van der Waals surface area (Å²) in [5.41, 5.74) is 5.15. The molecule has 6 aromatic heterocycles. The molecular formula is C94H89F6N15O11S3. The third kappa shape index (κ3) is 18.9. The van der Waals surface area contributed by atoms with Gasteiger partial charge in [-0.15, -0.1) is 0 Å². The third-order valence-electron chi connectivity index (χ3n) is 24.9. The molecule has 26 nitrogen and oxygen atoms in total. The van der Waals surface area contributed by atoms with Crippen LogP contribution in [-0.4, -0.2) is 116 Å². The highest BCUT2D eigenvalue weighted by Gasteiger charge is 2.49. The van der Waals surface area contributed by atoms with Crippen molar-refractivity contribution in [3.8, 4) is 12.1 Å². The van der Waals surface area contributed by atoms with Crippen LogP contribution in [0.25, 0.3) is 21.7 Å². The first-order valence-electron chi connectivity index (χ1n) is 42.4. The average molecular weight is 1820 g/mol. The number of benzene rings is 6. The smallest absolute Gasteiger partial charge is 0.276 e. The zero-order valence-corrected chi connectivity index (χ0v) is 72.9. The van der Waals surface area contributed by atoms with E-state index in [9.17, 15) is 86.1 Å². The van der Waals surface area contributed by atoms with Crippen LogP contribution < -0.4 is 25.8 Å². The fraction of sp³-hybridized carbons (Fsp3) is 0.319. The Kier molecular flexibility index (Phi) is 27.1. The Bertz CT molecular complexity index is 6860. The topological polar surface area (TPSA) is 353 Å². The van der Waals surface area contributed by atoms with Gasteiger partial charge in [-0.05, 0) is 209 Å². The van der Waals surface area contributed by atoms with Crippen LogP contribution in [0.1, 0.15) is 199 Å². The Labute approximate surface area is 740 Å². The van der Waals surface area contributed by atoms with Crippen molar-refractivity contribution in [1.29, 1.82) is 10.5 Å². The number of nitriles is 2. The molecule has 0 bridgehead atoms. The van der Waals surface area contributed by atoms with Gasteiger partial charge in [0.15, 0.2) is 28.2 Å². The van der Waals surface area contributed by atoms with Crippen LogP contribution in [-0.2, 0) is 59.3 Å². The molecule has 0 unspecified atom stereocenters. The maximum Gasteiger partial charge on any atom is 0.276 e. The summed E-state index contributed by atoms with van der Waals surface area (Å²) in [4.78, 5) is 88.8. The molecular weight excluding hydrogens is 1730 g/mol. The first kappa shape index (κ1) is 90.8. The molecule has 3 amide bonds. The fourth-order valence-corrected chi connectivity index (χ4v) is 22.1. The predicted molar refractivity (Wildman–Crippen MR) is 469 cm³/mol. The number of anilines is 3. The minimum Gasteiger partial charge on any atom is -0.313 e. The fourth-order valence-electron chi connectivity index (χ4n) is 17.3. The van der Waals surface area contributed by atoms with Crippen LogP contribution >= 0.6 is 0 Å². The second kappa shape index (κ2) is 38.6. The molecule has 2 N–H and O–H groups in total. The highest BCUT2D eigenvalue weighted by molar-refractivity contribution is 7.90. The second-order valence-corrected chi connectivity index (χ2v) is 38.4. The number of aryl methyl sites for hydroxylation is 1. The summed E-state index contributed by atoms with van der Waals surface area (Å²) in [7, 11) is -14.0. The first-order chi connectivity index (χ1) is 61.9. The van der Waals surface area contributed by atoms with Gasteiger partial charge in [0, 0.05) is 83.1 Å². The van der Waals surface area contributed by atoms with Crippen molar-refractivity contribution in [2.75, 3.05) is 27.8 Å². The number of nitrogens with zero attached hydrogens (tertiary/aromatic N) is 13. The molecule has 2 atom stereocenters. The van der Waals surface area contributed by atoms with Crippen LogP contribution in [0, 0.1) is 78.3 Å². The van der Waals surface area contributed by atoms with E-state index in [-0.39, 0.29) is 67.1 Å². The number of aromatic nitrogens is 8. The van der Waals surface area contributed by atoms with E-state index in [1.807, 2.05) is 73.1 Å². The Morgan fingerprint density at radius 3 is 1.61 bits per heavy atom. The average Bonchev–Trinajstić information content (AvgIpc) is 1.07. The molecule has 12 aromatic rings. The summed E-state index contributed by atoms with van der Waals surface area (Å²) in [5.74, 6) is -10.1. The molecule has 5 aliphatic rings. The predicted octanol–water partition coefficient (Wildman–Crippen LogP) is 16.2. The number of halogens is 6. The number of hydrogen-bond acceptors (Lipinski definition) is 18. The number of hydrogen-bond donors (Lipinski definition) is 2. The molecule has 3 saturated carbocycles. The van der Waals surface area contributed by atoms with Gasteiger partial charge >= 0.3 is 0 Å². The van der Waals surface area contributed by atoms with E-state index in [0.717, 1.165) is 89.2 Å². The van der Waals surface area contributed by atoms with Crippen LogP contribution in [0.4, 0.5) is 43.4 Å². The number of fused-ring (bicyclic) bond motifs is 2. The number of rotatable bonds is 21. The first-order valence-corrected chi connectivity index (χ1v) is 46.8. The summed E-state index contributed by atoms with van der Waals surface area (Å²) >= 11 is 0. The largest absolute Gasteiger partial charge is 0.313 e. The zero-order valence-electron chi connectivity index (χ0n) is 70.5. The van der Waals surface area contributed by atoms with Crippen LogP contribution in [0.3, 0.4) is 0 Å². The molecule has 8 heterocycles. The number of pyridine rings is 3. The number of carbonyl (C=O) groups is 3. The van der Waals surface area contributed by atoms with Gasteiger partial charge < -0.3 is 19.7 Å². The van der Waals surface area contributed by atoms with Crippen LogP contribution in [0.2, 0.25) is 0 Å². The minimum absolute atomic E-state index is 0.0116. The van der Waals surface area contributed by atoms with Gasteiger partial charge in [-0.3, -0.25) is 38.9 Å². The van der Waals surface area contributed by atoms with E-state index in [0.29, 0.717) is 89.7 Å². The molecule has 35 heteroatoms. The normalized spacial score (nSPS) is 16.6. The molecule has 0 radical (unpaired) electrons. The lowest BCUT2D eigenvalue weighted by Crippen LogP contribution is -2.59. The Hall–Kier alpha value is -12.9. The second-order valence-electron chi connectivity index (χ2n) is 32.9. The summed E-state index contributed by atoms with van der Waals surface area (Å²) in [6, 6.07) is 38.1. The summed E-state index contributed by atoms with van der Waals surface area (Å²) < 4.78 is 171. The quantitative estimate of drug-likeness (QED) is 0.0498. The van der Waals surface area contributed by atoms with Crippen LogP contribution in [0.5, 0.6) is 0 Å². The lowest BCUT2D eigenvalue weighted by atomic mass is 9.85. The molecule has 17 rings (SSSR count). The summed E-state index contributed by atoms with van der Waals surface area (Å²) in [6.07, 6.45) is 27.0. The number of carbonyl (C=O) groups excluding carboxylic acids is 3. The lowest BCUT2D eigenvalue weighted by Gasteiger charge is -2.41. The van der Waals surface area contributed by atoms with Gasteiger partial charge in [0.05, 0.1) is 88.0 Å². The van der Waals surface area contributed by atoms with Crippen LogP contribution in [0.15, 0.2) is 201 Å². The number of para-hydroxylation sites is 1. The van der Waals surface area contributed by atoms with E-state index in [1.54, 1.807) is 54.4 Å². The molecule has 129 heavy (non-hydrogen) atoms. The minimum atomic E-state index is -5.18. The zero-order chi connectivity index (χ0) is 91.3. The van der Waals surface area contributed by atoms with Crippen molar-refractivity contribution in [2.45, 2.75) is 194 Å². The van der Waals surface area contributed by atoms with Crippen molar-refractivity contribution < 1.29 is 66.0 Å². The number of sulfonamides is 2. The van der Waals surface area contributed by atoms with Crippen molar-refractivity contribution in [2.24, 2.45) is 0 Å². The number of amides is 3. The molecule has 2 saturated heterocycles. The van der Waals surface area contributed by atoms with Crippen molar-refractivity contribution in [3.63, 3.8) is 0 Å². The van der Waals surface area contributed by atoms with E-state index in [2.05, 4.69) is 41.2 Å². The molecule has 0 spiro atoms.